The minimum atomic E-state index is -0.623. The van der Waals surface area contributed by atoms with Crippen LogP contribution in [0.5, 0.6) is 0 Å². The third-order valence-corrected chi connectivity index (χ3v) is 5.56. The summed E-state index contributed by atoms with van der Waals surface area (Å²) in [5, 5.41) is 0. The molecule has 2 aliphatic rings. The van der Waals surface area contributed by atoms with Crippen LogP contribution >= 0.6 is 22.6 Å². The number of fused-ring (bicyclic) bond motifs is 1. The Balaban J connectivity index is 2.05. The van der Waals surface area contributed by atoms with Gasteiger partial charge in [-0.05, 0) is 26.7 Å². The van der Waals surface area contributed by atoms with E-state index in [1.807, 2.05) is 13.8 Å². The van der Waals surface area contributed by atoms with Crippen LogP contribution in [-0.4, -0.2) is 54.1 Å². The van der Waals surface area contributed by atoms with Gasteiger partial charge in [0.1, 0.15) is 17.8 Å². The summed E-state index contributed by atoms with van der Waals surface area (Å²) in [6, 6.07) is 0. The van der Waals surface area contributed by atoms with E-state index in [1.165, 1.54) is 0 Å². The molecule has 0 aromatic carbocycles. The molecule has 0 bridgehead atoms. The van der Waals surface area contributed by atoms with Crippen molar-refractivity contribution < 1.29 is 23.7 Å². The van der Waals surface area contributed by atoms with Gasteiger partial charge in [0, 0.05) is 17.6 Å². The van der Waals surface area contributed by atoms with Gasteiger partial charge in [-0.2, -0.15) is 0 Å². The van der Waals surface area contributed by atoms with Gasteiger partial charge in [-0.15, -0.1) is 0 Å². The lowest BCUT2D eigenvalue weighted by atomic mass is 9.98. The summed E-state index contributed by atoms with van der Waals surface area (Å²) in [5.74, 6) is -0.623. The van der Waals surface area contributed by atoms with E-state index in [9.17, 15) is 0 Å². The van der Waals surface area contributed by atoms with Crippen molar-refractivity contribution in [3.8, 4) is 0 Å². The van der Waals surface area contributed by atoms with Gasteiger partial charge in [-0.1, -0.05) is 49.3 Å². The first-order chi connectivity index (χ1) is 11.0. The average molecular weight is 442 g/mol. The predicted molar refractivity (Wildman–Crippen MR) is 96.9 cm³/mol. The van der Waals surface area contributed by atoms with Gasteiger partial charge in [0.25, 0.3) is 0 Å². The van der Waals surface area contributed by atoms with Crippen LogP contribution in [0, 0.1) is 0 Å². The van der Waals surface area contributed by atoms with Gasteiger partial charge in [-0.25, -0.2) is 0 Å². The molecule has 6 heteroatoms. The van der Waals surface area contributed by atoms with E-state index < -0.39 is 11.4 Å². The number of hydrogen-bond acceptors (Lipinski definition) is 5. The topological polar surface area (TPSA) is 46.2 Å². The molecule has 4 atom stereocenters. The Kier molecular flexibility index (Phi) is 7.56. The Morgan fingerprint density at radius 2 is 1.70 bits per heavy atom. The van der Waals surface area contributed by atoms with Crippen LogP contribution < -0.4 is 0 Å². The lowest BCUT2D eigenvalue weighted by Crippen LogP contribution is -2.51. The maximum Gasteiger partial charge on any atom is 0.190 e. The maximum absolute atomic E-state index is 6.28. The van der Waals surface area contributed by atoms with Crippen molar-refractivity contribution in [1.82, 2.24) is 0 Å². The lowest BCUT2D eigenvalue weighted by molar-refractivity contribution is -0.246. The zero-order valence-corrected chi connectivity index (χ0v) is 17.0. The van der Waals surface area contributed by atoms with E-state index >= 15 is 0 Å². The second kappa shape index (κ2) is 8.76. The standard InChI is InChI=1S/C17H31IO5/c1-5-7-9-19-12-17(11-18)14(20-10-8-6-2)13-15(23-17)22-16(3,4)21-13/h13-15H,5-12H2,1-4H3/t13-,14+,15+,17?/m1/s1. The predicted octanol–water partition coefficient (Wildman–Crippen LogP) is 3.67. The second-order valence-corrected chi connectivity index (χ2v) is 7.60. The van der Waals surface area contributed by atoms with Gasteiger partial charge >= 0.3 is 0 Å². The molecule has 0 aromatic rings. The summed E-state index contributed by atoms with van der Waals surface area (Å²) in [5.41, 5.74) is -0.492. The molecular weight excluding hydrogens is 411 g/mol. The Morgan fingerprint density at radius 1 is 1.00 bits per heavy atom. The van der Waals surface area contributed by atoms with Crippen molar-refractivity contribution in [2.75, 3.05) is 24.2 Å². The number of unbranched alkanes of at least 4 members (excludes halogenated alkanes) is 2. The highest BCUT2D eigenvalue weighted by atomic mass is 127. The third kappa shape index (κ3) is 4.79. The van der Waals surface area contributed by atoms with Crippen molar-refractivity contribution in [1.29, 1.82) is 0 Å². The van der Waals surface area contributed by atoms with Crippen LogP contribution in [0.2, 0.25) is 0 Å². The van der Waals surface area contributed by atoms with Gasteiger partial charge in [0.05, 0.1) is 6.61 Å². The van der Waals surface area contributed by atoms with Crippen LogP contribution in [0.1, 0.15) is 53.4 Å². The molecule has 2 rings (SSSR count). The number of rotatable bonds is 10. The van der Waals surface area contributed by atoms with Crippen molar-refractivity contribution in [3.63, 3.8) is 0 Å². The first kappa shape index (κ1) is 19.8. The highest BCUT2D eigenvalue weighted by Crippen LogP contribution is 2.44. The minimum absolute atomic E-state index is 0.153. The normalized spacial score (nSPS) is 35.6. The fourth-order valence-corrected chi connectivity index (χ4v) is 3.84. The summed E-state index contributed by atoms with van der Waals surface area (Å²) >= 11 is 2.35. The number of ether oxygens (including phenoxy) is 5. The van der Waals surface area contributed by atoms with Gasteiger partial charge in [-0.3, -0.25) is 0 Å². The second-order valence-electron chi connectivity index (χ2n) is 6.84. The first-order valence-corrected chi connectivity index (χ1v) is 10.3. The molecule has 1 unspecified atom stereocenters. The van der Waals surface area contributed by atoms with Crippen molar-refractivity contribution in [2.45, 2.75) is 83.3 Å². The van der Waals surface area contributed by atoms with Crippen molar-refractivity contribution >= 4 is 22.6 Å². The molecule has 0 aromatic heterocycles. The van der Waals surface area contributed by atoms with Gasteiger partial charge in [0.15, 0.2) is 12.1 Å². The molecule has 2 fully saturated rings. The maximum atomic E-state index is 6.28. The summed E-state index contributed by atoms with van der Waals surface area (Å²) in [7, 11) is 0. The summed E-state index contributed by atoms with van der Waals surface area (Å²) in [4.78, 5) is 0. The van der Waals surface area contributed by atoms with Crippen LogP contribution in [0.4, 0.5) is 0 Å². The quantitative estimate of drug-likeness (QED) is 0.294. The minimum Gasteiger partial charge on any atom is -0.378 e. The fraction of sp³-hybridized carbons (Fsp3) is 1.00. The van der Waals surface area contributed by atoms with Gasteiger partial charge < -0.3 is 23.7 Å². The van der Waals surface area contributed by atoms with Crippen molar-refractivity contribution in [2.24, 2.45) is 0 Å². The van der Waals surface area contributed by atoms with E-state index in [4.69, 9.17) is 23.7 Å². The number of hydrogen-bond donors (Lipinski definition) is 0. The molecular formula is C17H31IO5. The van der Waals surface area contributed by atoms with Crippen LogP contribution in [0.25, 0.3) is 0 Å². The number of alkyl halides is 1. The zero-order chi connectivity index (χ0) is 16.9. The molecule has 0 aliphatic carbocycles. The van der Waals surface area contributed by atoms with E-state index in [1.54, 1.807) is 0 Å². The third-order valence-electron chi connectivity index (χ3n) is 4.27. The zero-order valence-electron chi connectivity index (χ0n) is 14.8. The van der Waals surface area contributed by atoms with Gasteiger partial charge in [0.2, 0.25) is 0 Å². The van der Waals surface area contributed by atoms with Crippen LogP contribution in [0.15, 0.2) is 0 Å². The van der Waals surface area contributed by atoms with Crippen LogP contribution in [-0.2, 0) is 23.7 Å². The van der Waals surface area contributed by atoms with E-state index in [0.717, 1.165) is 36.7 Å². The molecule has 0 spiro atoms. The molecule has 136 valence electrons. The molecule has 2 heterocycles. The highest BCUT2D eigenvalue weighted by molar-refractivity contribution is 14.1. The molecule has 2 saturated heterocycles. The largest absolute Gasteiger partial charge is 0.378 e. The summed E-state index contributed by atoms with van der Waals surface area (Å²) in [6.07, 6.45) is 3.61. The Hall–Kier alpha value is 0.530. The molecule has 5 nitrogen and oxygen atoms in total. The van der Waals surface area contributed by atoms with E-state index in [-0.39, 0.29) is 18.5 Å². The summed E-state index contributed by atoms with van der Waals surface area (Å²) in [6.45, 7) is 10.1. The monoisotopic (exact) mass is 442 g/mol. The molecule has 0 amide bonds. The number of halogens is 1. The van der Waals surface area contributed by atoms with E-state index in [0.29, 0.717) is 13.2 Å². The Morgan fingerprint density at radius 3 is 2.35 bits per heavy atom. The highest BCUT2D eigenvalue weighted by Gasteiger charge is 2.62. The molecule has 0 saturated carbocycles. The molecule has 2 aliphatic heterocycles. The smallest absolute Gasteiger partial charge is 0.190 e. The molecule has 0 N–H and O–H groups in total. The SMILES string of the molecule is CCCCOCC1(CI)O[C@@H]2OC(C)(C)O[C@@H]2[C@@H]1OCCCC. The summed E-state index contributed by atoms with van der Waals surface area (Å²) < 4.78 is 31.1. The van der Waals surface area contributed by atoms with Crippen molar-refractivity contribution in [3.05, 3.63) is 0 Å². The molecule has 0 radical (unpaired) electrons. The van der Waals surface area contributed by atoms with E-state index in [2.05, 4.69) is 36.4 Å². The van der Waals surface area contributed by atoms with Crippen LogP contribution in [0.3, 0.4) is 0 Å². The Bertz CT molecular complexity index is 365. The average Bonchev–Trinajstić information content (AvgIpc) is 2.94. The molecule has 23 heavy (non-hydrogen) atoms. The first-order valence-electron chi connectivity index (χ1n) is 8.77. The lowest BCUT2D eigenvalue weighted by Gasteiger charge is -2.35. The Labute approximate surface area is 153 Å². The fourth-order valence-electron chi connectivity index (χ4n) is 3.01.